The maximum atomic E-state index is 12.0. The Morgan fingerprint density at radius 3 is 2.59 bits per heavy atom. The van der Waals surface area contributed by atoms with Crippen molar-refractivity contribution in [3.8, 4) is 5.82 Å². The van der Waals surface area contributed by atoms with Gasteiger partial charge in [-0.2, -0.15) is 0 Å². The predicted octanol–water partition coefficient (Wildman–Crippen LogP) is 2.20. The minimum absolute atomic E-state index is 0.247. The highest BCUT2D eigenvalue weighted by Gasteiger charge is 2.08. The largest absolute Gasteiger partial charge is 0.347 e. The molecular formula is C15H12IN5O. The minimum Gasteiger partial charge on any atom is -0.347 e. The quantitative estimate of drug-likeness (QED) is 0.676. The molecule has 3 aromatic rings. The molecule has 0 saturated carbocycles. The van der Waals surface area contributed by atoms with Crippen LogP contribution >= 0.6 is 22.6 Å². The van der Waals surface area contributed by atoms with Crippen LogP contribution in [0.2, 0.25) is 0 Å². The molecule has 1 N–H and O–H groups in total. The predicted molar refractivity (Wildman–Crippen MR) is 89.5 cm³/mol. The molecular weight excluding hydrogens is 393 g/mol. The number of rotatable bonds is 4. The van der Waals surface area contributed by atoms with Gasteiger partial charge >= 0.3 is 0 Å². The van der Waals surface area contributed by atoms with Crippen molar-refractivity contribution >= 4 is 28.5 Å². The summed E-state index contributed by atoms with van der Waals surface area (Å²) in [6.45, 7) is 0.459. The molecule has 0 bridgehead atoms. The van der Waals surface area contributed by atoms with Crippen LogP contribution in [0.4, 0.5) is 0 Å². The first-order valence-electron chi connectivity index (χ1n) is 6.57. The van der Waals surface area contributed by atoms with Crippen LogP contribution < -0.4 is 5.32 Å². The minimum atomic E-state index is -0.247. The highest BCUT2D eigenvalue weighted by atomic mass is 127. The standard InChI is InChI=1S/C15H12IN5O/c16-12-3-1-11(2-4-12)9-18-15(22)13-5-6-14(20-19-13)21-8-7-17-10-21/h1-8,10H,9H2,(H,18,22). The van der Waals surface area contributed by atoms with E-state index in [0.29, 0.717) is 12.4 Å². The lowest BCUT2D eigenvalue weighted by Crippen LogP contribution is -2.24. The third-order valence-electron chi connectivity index (χ3n) is 3.02. The van der Waals surface area contributed by atoms with Gasteiger partial charge in [-0.05, 0) is 52.4 Å². The van der Waals surface area contributed by atoms with E-state index in [9.17, 15) is 4.79 Å². The smallest absolute Gasteiger partial charge is 0.272 e. The van der Waals surface area contributed by atoms with Gasteiger partial charge in [-0.1, -0.05) is 12.1 Å². The van der Waals surface area contributed by atoms with Crippen molar-refractivity contribution < 1.29 is 4.79 Å². The average Bonchev–Trinajstić information content (AvgIpc) is 3.09. The molecule has 0 spiro atoms. The fourth-order valence-electron chi connectivity index (χ4n) is 1.85. The van der Waals surface area contributed by atoms with Crippen LogP contribution in [0, 0.1) is 3.57 Å². The highest BCUT2D eigenvalue weighted by molar-refractivity contribution is 14.1. The summed E-state index contributed by atoms with van der Waals surface area (Å²) in [4.78, 5) is 16.0. The summed E-state index contributed by atoms with van der Waals surface area (Å²) in [6, 6.07) is 11.3. The summed E-state index contributed by atoms with van der Waals surface area (Å²) in [6.07, 6.45) is 5.05. The number of aromatic nitrogens is 4. The first kappa shape index (κ1) is 14.6. The number of benzene rings is 1. The number of carbonyl (C=O) groups is 1. The fourth-order valence-corrected chi connectivity index (χ4v) is 2.21. The van der Waals surface area contributed by atoms with Gasteiger partial charge in [-0.15, -0.1) is 10.2 Å². The van der Waals surface area contributed by atoms with Crippen molar-refractivity contribution in [1.29, 1.82) is 0 Å². The van der Waals surface area contributed by atoms with Gasteiger partial charge in [0.05, 0.1) is 0 Å². The number of carbonyl (C=O) groups excluding carboxylic acids is 1. The molecule has 3 rings (SSSR count). The van der Waals surface area contributed by atoms with Crippen molar-refractivity contribution in [3.05, 3.63) is 69.9 Å². The van der Waals surface area contributed by atoms with Gasteiger partial charge in [-0.25, -0.2) is 4.98 Å². The van der Waals surface area contributed by atoms with E-state index in [2.05, 4.69) is 43.1 Å². The summed E-state index contributed by atoms with van der Waals surface area (Å²) in [5.74, 6) is 0.370. The molecule has 0 aliphatic carbocycles. The number of nitrogens with one attached hydrogen (secondary N) is 1. The Kier molecular flexibility index (Phi) is 4.42. The second-order valence-corrected chi connectivity index (χ2v) is 5.80. The van der Waals surface area contributed by atoms with Gasteiger partial charge < -0.3 is 5.32 Å². The zero-order valence-corrected chi connectivity index (χ0v) is 13.6. The van der Waals surface area contributed by atoms with Crippen molar-refractivity contribution in [1.82, 2.24) is 25.1 Å². The second kappa shape index (κ2) is 6.65. The van der Waals surface area contributed by atoms with Gasteiger partial charge in [0, 0.05) is 22.5 Å². The van der Waals surface area contributed by atoms with Gasteiger partial charge in [-0.3, -0.25) is 9.36 Å². The summed E-state index contributed by atoms with van der Waals surface area (Å²) < 4.78 is 2.88. The monoisotopic (exact) mass is 405 g/mol. The van der Waals surface area contributed by atoms with E-state index in [1.54, 1.807) is 35.4 Å². The second-order valence-electron chi connectivity index (χ2n) is 4.56. The summed E-state index contributed by atoms with van der Waals surface area (Å²) in [5.41, 5.74) is 1.33. The number of nitrogens with zero attached hydrogens (tertiary/aromatic N) is 4. The summed E-state index contributed by atoms with van der Waals surface area (Å²) in [5, 5.41) is 10.8. The van der Waals surface area contributed by atoms with Gasteiger partial charge in [0.25, 0.3) is 5.91 Å². The summed E-state index contributed by atoms with van der Waals surface area (Å²) in [7, 11) is 0. The van der Waals surface area contributed by atoms with Crippen LogP contribution in [-0.2, 0) is 6.54 Å². The lowest BCUT2D eigenvalue weighted by atomic mass is 10.2. The highest BCUT2D eigenvalue weighted by Crippen LogP contribution is 2.07. The van der Waals surface area contributed by atoms with E-state index in [1.807, 2.05) is 24.3 Å². The van der Waals surface area contributed by atoms with Crippen LogP contribution in [0.25, 0.3) is 5.82 Å². The lowest BCUT2D eigenvalue weighted by molar-refractivity contribution is 0.0945. The summed E-state index contributed by atoms with van der Waals surface area (Å²) >= 11 is 2.24. The van der Waals surface area contributed by atoms with Crippen molar-refractivity contribution in [2.75, 3.05) is 0 Å². The molecule has 110 valence electrons. The average molecular weight is 405 g/mol. The van der Waals surface area contributed by atoms with Gasteiger partial charge in [0.15, 0.2) is 11.5 Å². The van der Waals surface area contributed by atoms with E-state index < -0.39 is 0 Å². The Balaban J connectivity index is 1.63. The molecule has 1 aromatic carbocycles. The lowest BCUT2D eigenvalue weighted by Gasteiger charge is -2.05. The Bertz CT molecular complexity index is 754. The van der Waals surface area contributed by atoms with E-state index in [-0.39, 0.29) is 11.6 Å². The number of halogens is 1. The van der Waals surface area contributed by atoms with Crippen molar-refractivity contribution in [3.63, 3.8) is 0 Å². The SMILES string of the molecule is O=C(NCc1ccc(I)cc1)c1ccc(-n2ccnc2)nn1. The van der Waals surface area contributed by atoms with Crippen LogP contribution in [-0.4, -0.2) is 25.7 Å². The molecule has 7 heteroatoms. The zero-order chi connectivity index (χ0) is 15.4. The molecule has 1 amide bonds. The van der Waals surface area contributed by atoms with Crippen molar-refractivity contribution in [2.24, 2.45) is 0 Å². The number of hydrogen-bond acceptors (Lipinski definition) is 4. The molecule has 0 unspecified atom stereocenters. The first-order chi connectivity index (χ1) is 10.7. The maximum Gasteiger partial charge on any atom is 0.272 e. The molecule has 0 aliphatic heterocycles. The van der Waals surface area contributed by atoms with Crippen LogP contribution in [0.3, 0.4) is 0 Å². The fraction of sp³-hybridized carbons (Fsp3) is 0.0667. The van der Waals surface area contributed by atoms with Gasteiger partial charge in [0.2, 0.25) is 0 Å². The molecule has 22 heavy (non-hydrogen) atoms. The third-order valence-corrected chi connectivity index (χ3v) is 3.74. The maximum absolute atomic E-state index is 12.0. The van der Waals surface area contributed by atoms with E-state index in [4.69, 9.17) is 0 Å². The van der Waals surface area contributed by atoms with E-state index >= 15 is 0 Å². The molecule has 0 fully saturated rings. The number of hydrogen-bond donors (Lipinski definition) is 1. The zero-order valence-electron chi connectivity index (χ0n) is 11.5. The molecule has 6 nitrogen and oxygen atoms in total. The third kappa shape index (κ3) is 3.48. The molecule has 2 heterocycles. The molecule has 0 radical (unpaired) electrons. The van der Waals surface area contributed by atoms with Crippen LogP contribution in [0.15, 0.2) is 55.1 Å². The van der Waals surface area contributed by atoms with E-state index in [1.165, 1.54) is 0 Å². The van der Waals surface area contributed by atoms with Gasteiger partial charge in [0.1, 0.15) is 6.33 Å². The Labute approximate surface area is 140 Å². The number of imidazole rings is 1. The van der Waals surface area contributed by atoms with Crippen LogP contribution in [0.5, 0.6) is 0 Å². The van der Waals surface area contributed by atoms with Crippen LogP contribution in [0.1, 0.15) is 16.1 Å². The normalized spacial score (nSPS) is 10.4. The van der Waals surface area contributed by atoms with Crippen molar-refractivity contribution in [2.45, 2.75) is 6.54 Å². The molecule has 0 aliphatic rings. The Morgan fingerprint density at radius 2 is 1.95 bits per heavy atom. The first-order valence-corrected chi connectivity index (χ1v) is 7.65. The van der Waals surface area contributed by atoms with E-state index in [0.717, 1.165) is 9.13 Å². The molecule has 0 saturated heterocycles. The Hall–Kier alpha value is -2.29. The Morgan fingerprint density at radius 1 is 1.14 bits per heavy atom. The number of amides is 1. The molecule has 0 atom stereocenters. The molecule has 2 aromatic heterocycles. The topological polar surface area (TPSA) is 72.7 Å².